The van der Waals surface area contributed by atoms with Crippen molar-refractivity contribution in [3.8, 4) is 0 Å². The smallest absolute Gasteiger partial charge is 0.265 e. The van der Waals surface area contributed by atoms with Crippen LogP contribution in [0.1, 0.15) is 61.3 Å². The van der Waals surface area contributed by atoms with Gasteiger partial charge in [-0.2, -0.15) is 0 Å². The monoisotopic (exact) mass is 297 g/mol. The summed E-state index contributed by atoms with van der Waals surface area (Å²) in [6.45, 7) is 4.23. The van der Waals surface area contributed by atoms with E-state index in [2.05, 4.69) is 28.8 Å². The van der Waals surface area contributed by atoms with E-state index in [1.165, 1.54) is 6.42 Å². The molecule has 0 aromatic carbocycles. The summed E-state index contributed by atoms with van der Waals surface area (Å²) in [5.74, 6) is 0.400. The number of nitrogens with zero attached hydrogens (tertiary/aromatic N) is 2. The number of aliphatic hydroxyl groups is 1. The van der Waals surface area contributed by atoms with Crippen molar-refractivity contribution in [2.45, 2.75) is 57.9 Å². The number of aromatic nitrogens is 2. The molecule has 1 aliphatic rings. The topological polar surface area (TPSA) is 75.1 Å². The number of nitrogens with one attached hydrogen (secondary N) is 1. The summed E-state index contributed by atoms with van der Waals surface area (Å²) in [6, 6.07) is 0. The molecule has 0 bridgehead atoms. The Kier molecular flexibility index (Phi) is 5.10. The summed E-state index contributed by atoms with van der Waals surface area (Å²) in [7, 11) is 0. The molecule has 0 spiro atoms. The van der Waals surface area contributed by atoms with Crippen molar-refractivity contribution in [3.05, 3.63) is 10.6 Å². The van der Waals surface area contributed by atoms with Gasteiger partial charge >= 0.3 is 0 Å². The lowest BCUT2D eigenvalue weighted by atomic mass is 9.77. The molecule has 1 heterocycles. The van der Waals surface area contributed by atoms with Crippen LogP contribution in [0.25, 0.3) is 0 Å². The van der Waals surface area contributed by atoms with Gasteiger partial charge in [0.05, 0.1) is 17.8 Å². The Morgan fingerprint density at radius 2 is 2.40 bits per heavy atom. The van der Waals surface area contributed by atoms with Gasteiger partial charge in [-0.1, -0.05) is 37.6 Å². The number of hydrogen-bond donors (Lipinski definition) is 2. The Bertz CT molecular complexity index is 463. The lowest BCUT2D eigenvalue weighted by Crippen LogP contribution is -2.53. The molecule has 20 heavy (non-hydrogen) atoms. The van der Waals surface area contributed by atoms with E-state index in [1.54, 1.807) is 0 Å². The predicted molar refractivity (Wildman–Crippen MR) is 78.8 cm³/mol. The Morgan fingerprint density at radius 1 is 1.60 bits per heavy atom. The van der Waals surface area contributed by atoms with E-state index >= 15 is 0 Å². The zero-order chi connectivity index (χ0) is 14.6. The maximum absolute atomic E-state index is 12.4. The van der Waals surface area contributed by atoms with Gasteiger partial charge in [-0.15, -0.1) is 5.10 Å². The van der Waals surface area contributed by atoms with Gasteiger partial charge < -0.3 is 10.4 Å². The molecule has 1 fully saturated rings. The maximum Gasteiger partial charge on any atom is 0.265 e. The largest absolute Gasteiger partial charge is 0.394 e. The molecule has 1 amide bonds. The first-order valence-electron chi connectivity index (χ1n) is 7.35. The molecule has 0 radical (unpaired) electrons. The summed E-state index contributed by atoms with van der Waals surface area (Å²) in [5, 5.41) is 16.8. The van der Waals surface area contributed by atoms with Crippen LogP contribution in [0, 0.1) is 5.92 Å². The highest BCUT2D eigenvalue weighted by Crippen LogP contribution is 2.32. The number of carbonyl (C=O) groups is 1. The highest BCUT2D eigenvalue weighted by molar-refractivity contribution is 7.08. The lowest BCUT2D eigenvalue weighted by molar-refractivity contribution is 0.0699. The lowest BCUT2D eigenvalue weighted by Gasteiger charge is -2.39. The molecule has 0 aliphatic heterocycles. The summed E-state index contributed by atoms with van der Waals surface area (Å²) in [6.07, 6.45) is 5.60. The number of aliphatic hydroxyl groups excluding tert-OH is 1. The van der Waals surface area contributed by atoms with Gasteiger partial charge in [-0.3, -0.25) is 4.79 Å². The normalized spacial score (nSPS) is 26.4. The Labute approximate surface area is 123 Å². The van der Waals surface area contributed by atoms with Gasteiger partial charge in [0.25, 0.3) is 5.91 Å². The van der Waals surface area contributed by atoms with E-state index < -0.39 is 5.54 Å². The van der Waals surface area contributed by atoms with Crippen LogP contribution in [0.3, 0.4) is 0 Å². The van der Waals surface area contributed by atoms with E-state index in [-0.39, 0.29) is 12.5 Å². The second-order valence-corrected chi connectivity index (χ2v) is 6.65. The fourth-order valence-corrected chi connectivity index (χ4v) is 3.64. The standard InChI is InChI=1S/C14H23N3O2S/c1-3-5-11-12(20-17-16-11)13(19)15-14(9-18)7-4-6-10(2)8-14/h10,18H,3-9H2,1-2H3,(H,15,19). The number of carbonyl (C=O) groups excluding carboxylic acids is 1. The summed E-state index contributed by atoms with van der Waals surface area (Å²) in [5.41, 5.74) is 0.300. The van der Waals surface area contributed by atoms with Crippen molar-refractivity contribution in [3.63, 3.8) is 0 Å². The van der Waals surface area contributed by atoms with Crippen molar-refractivity contribution in [1.82, 2.24) is 14.9 Å². The van der Waals surface area contributed by atoms with Gasteiger partial charge in [-0.05, 0) is 36.7 Å². The van der Waals surface area contributed by atoms with E-state index in [0.29, 0.717) is 10.8 Å². The van der Waals surface area contributed by atoms with E-state index in [4.69, 9.17) is 0 Å². The van der Waals surface area contributed by atoms with Gasteiger partial charge in [0, 0.05) is 0 Å². The quantitative estimate of drug-likeness (QED) is 0.873. The molecule has 6 heteroatoms. The molecule has 2 N–H and O–H groups in total. The first-order chi connectivity index (χ1) is 9.60. The van der Waals surface area contributed by atoms with Crippen LogP contribution < -0.4 is 5.32 Å². The molecular formula is C14H23N3O2S. The first-order valence-corrected chi connectivity index (χ1v) is 8.12. The third kappa shape index (κ3) is 3.35. The average molecular weight is 297 g/mol. The van der Waals surface area contributed by atoms with Crippen LogP contribution in [-0.2, 0) is 6.42 Å². The zero-order valence-corrected chi connectivity index (χ0v) is 13.0. The van der Waals surface area contributed by atoms with E-state index in [0.717, 1.165) is 49.3 Å². The molecule has 5 nitrogen and oxygen atoms in total. The molecule has 0 saturated heterocycles. The predicted octanol–water partition coefficient (Wildman–Crippen LogP) is 2.16. The Balaban J connectivity index is 2.10. The van der Waals surface area contributed by atoms with E-state index in [1.807, 2.05) is 0 Å². The van der Waals surface area contributed by atoms with Crippen LogP contribution in [0.5, 0.6) is 0 Å². The fraction of sp³-hybridized carbons (Fsp3) is 0.786. The molecule has 112 valence electrons. The molecule has 1 aromatic heterocycles. The highest BCUT2D eigenvalue weighted by atomic mass is 32.1. The van der Waals surface area contributed by atoms with Crippen LogP contribution in [0.2, 0.25) is 0 Å². The van der Waals surface area contributed by atoms with Crippen LogP contribution in [-0.4, -0.2) is 32.7 Å². The van der Waals surface area contributed by atoms with Gasteiger partial charge in [0.2, 0.25) is 0 Å². The number of rotatable bonds is 5. The van der Waals surface area contributed by atoms with Crippen LogP contribution >= 0.6 is 11.5 Å². The second kappa shape index (κ2) is 6.63. The number of aryl methyl sites for hydroxylation is 1. The van der Waals surface area contributed by atoms with E-state index in [9.17, 15) is 9.90 Å². The first kappa shape index (κ1) is 15.4. The summed E-state index contributed by atoms with van der Waals surface area (Å²) >= 11 is 1.14. The number of hydrogen-bond acceptors (Lipinski definition) is 5. The van der Waals surface area contributed by atoms with Crippen molar-refractivity contribution in [2.24, 2.45) is 5.92 Å². The fourth-order valence-electron chi connectivity index (χ4n) is 3.04. The molecule has 2 atom stereocenters. The molecule has 2 unspecified atom stereocenters. The van der Waals surface area contributed by atoms with Gasteiger partial charge in [-0.25, -0.2) is 0 Å². The molecule has 1 saturated carbocycles. The molecule has 2 rings (SSSR count). The zero-order valence-electron chi connectivity index (χ0n) is 12.2. The van der Waals surface area contributed by atoms with Crippen LogP contribution in [0.4, 0.5) is 0 Å². The molecular weight excluding hydrogens is 274 g/mol. The van der Waals surface area contributed by atoms with Crippen molar-refractivity contribution in [2.75, 3.05) is 6.61 Å². The van der Waals surface area contributed by atoms with Crippen molar-refractivity contribution >= 4 is 17.4 Å². The maximum atomic E-state index is 12.4. The minimum atomic E-state index is -0.470. The van der Waals surface area contributed by atoms with Crippen molar-refractivity contribution < 1.29 is 9.90 Å². The minimum Gasteiger partial charge on any atom is -0.394 e. The van der Waals surface area contributed by atoms with Gasteiger partial charge in [0.15, 0.2) is 0 Å². The second-order valence-electron chi connectivity index (χ2n) is 5.89. The molecule has 1 aromatic rings. The van der Waals surface area contributed by atoms with Crippen LogP contribution in [0.15, 0.2) is 0 Å². The Morgan fingerprint density at radius 3 is 3.05 bits per heavy atom. The highest BCUT2D eigenvalue weighted by Gasteiger charge is 2.36. The SMILES string of the molecule is CCCc1nnsc1C(=O)NC1(CO)CCCC(C)C1. The third-order valence-corrected chi connectivity index (χ3v) is 4.79. The van der Waals surface area contributed by atoms with Crippen molar-refractivity contribution in [1.29, 1.82) is 0 Å². The summed E-state index contributed by atoms with van der Waals surface area (Å²) in [4.78, 5) is 13.0. The van der Waals surface area contributed by atoms with Gasteiger partial charge in [0.1, 0.15) is 4.88 Å². The Hall–Kier alpha value is -1.01. The number of amides is 1. The molecule has 1 aliphatic carbocycles. The minimum absolute atomic E-state index is 0.00156. The third-order valence-electron chi connectivity index (χ3n) is 4.02. The summed E-state index contributed by atoms with van der Waals surface area (Å²) < 4.78 is 3.89. The average Bonchev–Trinajstić information content (AvgIpc) is 2.87.